The summed E-state index contributed by atoms with van der Waals surface area (Å²) in [5.74, 6) is -0.469. The fourth-order valence-electron chi connectivity index (χ4n) is 1.30. The maximum Gasteiger partial charge on any atom is 0.315 e. The summed E-state index contributed by atoms with van der Waals surface area (Å²) in [4.78, 5) is 0. The van der Waals surface area contributed by atoms with Crippen molar-refractivity contribution in [2.45, 2.75) is 5.75 Å². The van der Waals surface area contributed by atoms with Crippen molar-refractivity contribution >= 4 is 21.7 Å². The number of hydrogen-bond acceptors (Lipinski definition) is 6. The first-order valence-corrected chi connectivity index (χ1v) is 6.97. The van der Waals surface area contributed by atoms with E-state index in [4.69, 9.17) is 21.0 Å². The molecule has 0 amide bonds. The third-order valence-electron chi connectivity index (χ3n) is 2.09. The minimum Gasteiger partial charge on any atom is -0.381 e. The van der Waals surface area contributed by atoms with Crippen LogP contribution in [0.4, 0.5) is 0 Å². The number of hydrogen-bond donors (Lipinski definition) is 0. The van der Waals surface area contributed by atoms with Gasteiger partial charge in [-0.25, -0.2) is 0 Å². The van der Waals surface area contributed by atoms with Gasteiger partial charge in [0.05, 0.1) is 16.7 Å². The second-order valence-corrected chi connectivity index (χ2v) is 5.51. The van der Waals surface area contributed by atoms with Gasteiger partial charge in [0, 0.05) is 6.07 Å². The van der Waals surface area contributed by atoms with Crippen LogP contribution < -0.4 is 4.18 Å². The summed E-state index contributed by atoms with van der Waals surface area (Å²) in [6.07, 6.45) is 1.26. The zero-order valence-electron chi connectivity index (χ0n) is 9.41. The Morgan fingerprint density at radius 3 is 2.79 bits per heavy atom. The Hall–Kier alpha value is -2.04. The molecule has 0 saturated carbocycles. The van der Waals surface area contributed by atoms with Gasteiger partial charge in [0.25, 0.3) is 0 Å². The molecule has 0 bridgehead atoms. The minimum absolute atomic E-state index is 0.0378. The fraction of sp³-hybridized carbons (Fsp3) is 0.0909. The lowest BCUT2D eigenvalue weighted by molar-refractivity contribution is 0.412. The highest BCUT2D eigenvalue weighted by molar-refractivity contribution is 7.86. The van der Waals surface area contributed by atoms with Gasteiger partial charge in [0.2, 0.25) is 0 Å². The normalized spacial score (nSPS) is 10.9. The van der Waals surface area contributed by atoms with E-state index in [1.165, 1.54) is 30.5 Å². The Morgan fingerprint density at radius 2 is 2.21 bits per heavy atom. The Bertz CT molecular complexity index is 720. The van der Waals surface area contributed by atoms with Crippen molar-refractivity contribution in [2.24, 2.45) is 0 Å². The molecular formula is C11H7ClN2O4S. The molecule has 0 N–H and O–H groups in total. The molecule has 1 heterocycles. The maximum absolute atomic E-state index is 11.7. The molecule has 2 aromatic rings. The molecule has 0 radical (unpaired) electrons. The number of rotatable bonds is 4. The van der Waals surface area contributed by atoms with Gasteiger partial charge in [-0.2, -0.15) is 13.7 Å². The molecule has 0 spiro atoms. The molecule has 98 valence electrons. The highest BCUT2D eigenvalue weighted by atomic mass is 35.5. The second-order valence-electron chi connectivity index (χ2n) is 3.53. The maximum atomic E-state index is 11.7. The summed E-state index contributed by atoms with van der Waals surface area (Å²) in [7, 11) is -3.89. The van der Waals surface area contributed by atoms with Crippen LogP contribution >= 0.6 is 11.6 Å². The van der Waals surface area contributed by atoms with E-state index in [0.29, 0.717) is 5.56 Å². The molecule has 6 nitrogen and oxygen atoms in total. The van der Waals surface area contributed by atoms with Crippen molar-refractivity contribution in [1.29, 1.82) is 5.26 Å². The van der Waals surface area contributed by atoms with Crippen LogP contribution in [-0.4, -0.2) is 13.6 Å². The van der Waals surface area contributed by atoms with E-state index in [1.807, 2.05) is 6.07 Å². The topological polar surface area (TPSA) is 93.2 Å². The van der Waals surface area contributed by atoms with Crippen molar-refractivity contribution in [3.63, 3.8) is 0 Å². The van der Waals surface area contributed by atoms with Crippen LogP contribution in [0.2, 0.25) is 5.02 Å². The van der Waals surface area contributed by atoms with Crippen molar-refractivity contribution in [3.8, 4) is 11.8 Å². The monoisotopic (exact) mass is 298 g/mol. The first-order valence-electron chi connectivity index (χ1n) is 5.01. The number of nitrogens with zero attached hydrogens (tertiary/aromatic N) is 2. The summed E-state index contributed by atoms with van der Waals surface area (Å²) >= 11 is 5.82. The van der Waals surface area contributed by atoms with Crippen LogP contribution in [0.15, 0.2) is 35.1 Å². The van der Waals surface area contributed by atoms with Crippen molar-refractivity contribution in [1.82, 2.24) is 5.16 Å². The molecule has 0 unspecified atom stereocenters. The molecular weight excluding hydrogens is 292 g/mol. The SMILES string of the molecule is N#Cc1ccc(OS(=O)(=O)Cc2ccon2)c(Cl)c1. The molecule has 8 heteroatoms. The zero-order valence-corrected chi connectivity index (χ0v) is 11.0. The van der Waals surface area contributed by atoms with Crippen molar-refractivity contribution in [2.75, 3.05) is 0 Å². The van der Waals surface area contributed by atoms with E-state index in [-0.39, 0.29) is 16.5 Å². The van der Waals surface area contributed by atoms with Crippen LogP contribution in [0, 0.1) is 11.3 Å². The third-order valence-corrected chi connectivity index (χ3v) is 3.47. The van der Waals surface area contributed by atoms with Gasteiger partial charge < -0.3 is 8.71 Å². The standard InChI is InChI=1S/C11H7ClN2O4S/c12-10-5-8(6-13)1-2-11(10)18-19(15,16)7-9-3-4-17-14-9/h1-5H,7H2. The lowest BCUT2D eigenvalue weighted by Gasteiger charge is -2.07. The number of halogens is 1. The van der Waals surface area contributed by atoms with E-state index >= 15 is 0 Å². The molecule has 0 saturated heterocycles. The van der Waals surface area contributed by atoms with Crippen LogP contribution in [-0.2, 0) is 15.9 Å². The summed E-state index contributed by atoms with van der Waals surface area (Å²) in [5.41, 5.74) is 0.538. The van der Waals surface area contributed by atoms with E-state index in [9.17, 15) is 8.42 Å². The quantitative estimate of drug-likeness (QED) is 0.802. The molecule has 1 aromatic heterocycles. The molecule has 0 aliphatic heterocycles. The third kappa shape index (κ3) is 3.47. The smallest absolute Gasteiger partial charge is 0.315 e. The molecule has 0 fully saturated rings. The van der Waals surface area contributed by atoms with E-state index < -0.39 is 15.9 Å². The van der Waals surface area contributed by atoms with Gasteiger partial charge in [0.15, 0.2) is 5.75 Å². The van der Waals surface area contributed by atoms with Crippen molar-refractivity contribution < 1.29 is 17.1 Å². The zero-order chi connectivity index (χ0) is 13.9. The lowest BCUT2D eigenvalue weighted by Crippen LogP contribution is -2.12. The molecule has 0 atom stereocenters. The highest BCUT2D eigenvalue weighted by Crippen LogP contribution is 2.27. The molecule has 2 rings (SSSR count). The Labute approximate surface area is 114 Å². The lowest BCUT2D eigenvalue weighted by atomic mass is 10.2. The van der Waals surface area contributed by atoms with Crippen molar-refractivity contribution in [3.05, 3.63) is 46.8 Å². The highest BCUT2D eigenvalue weighted by Gasteiger charge is 2.18. The number of aromatic nitrogens is 1. The van der Waals surface area contributed by atoms with E-state index in [0.717, 1.165) is 0 Å². The predicted octanol–water partition coefficient (Wildman–Crippen LogP) is 2.11. The first-order chi connectivity index (χ1) is 9.00. The van der Waals surface area contributed by atoms with Crippen LogP contribution in [0.3, 0.4) is 0 Å². The number of benzene rings is 1. The summed E-state index contributed by atoms with van der Waals surface area (Å²) in [6, 6.07) is 7.35. The number of nitriles is 1. The van der Waals surface area contributed by atoms with Gasteiger partial charge in [-0.15, -0.1) is 0 Å². The molecule has 1 aromatic carbocycles. The van der Waals surface area contributed by atoms with E-state index in [1.54, 1.807) is 0 Å². The Kier molecular flexibility index (Phi) is 3.74. The molecule has 0 aliphatic rings. The van der Waals surface area contributed by atoms with Gasteiger partial charge in [0.1, 0.15) is 17.7 Å². The van der Waals surface area contributed by atoms with E-state index in [2.05, 4.69) is 9.68 Å². The fourth-order valence-corrected chi connectivity index (χ4v) is 2.55. The summed E-state index contributed by atoms with van der Waals surface area (Å²) in [5, 5.41) is 12.2. The summed E-state index contributed by atoms with van der Waals surface area (Å²) < 4.78 is 32.9. The van der Waals surface area contributed by atoms with Gasteiger partial charge in [-0.05, 0) is 18.2 Å². The van der Waals surface area contributed by atoms with Gasteiger partial charge in [-0.3, -0.25) is 0 Å². The molecule has 0 aliphatic carbocycles. The van der Waals surface area contributed by atoms with Crippen LogP contribution in [0.5, 0.6) is 5.75 Å². The summed E-state index contributed by atoms with van der Waals surface area (Å²) in [6.45, 7) is 0. The average Bonchev–Trinajstić information content (AvgIpc) is 2.83. The Morgan fingerprint density at radius 1 is 1.42 bits per heavy atom. The van der Waals surface area contributed by atoms with Gasteiger partial charge >= 0.3 is 10.1 Å². The Balaban J connectivity index is 2.19. The predicted molar refractivity (Wildman–Crippen MR) is 65.9 cm³/mol. The second kappa shape index (κ2) is 5.30. The first kappa shape index (κ1) is 13.4. The average molecular weight is 299 g/mol. The molecule has 19 heavy (non-hydrogen) atoms. The van der Waals surface area contributed by atoms with Crippen LogP contribution in [0.1, 0.15) is 11.3 Å². The van der Waals surface area contributed by atoms with Gasteiger partial charge in [-0.1, -0.05) is 16.8 Å². The minimum atomic E-state index is -3.89. The largest absolute Gasteiger partial charge is 0.381 e. The van der Waals surface area contributed by atoms with Crippen LogP contribution in [0.25, 0.3) is 0 Å².